The Balaban J connectivity index is 1.77. The van der Waals surface area contributed by atoms with E-state index < -0.39 is 33.1 Å². The number of anilines is 1. The predicted molar refractivity (Wildman–Crippen MR) is 133 cm³/mol. The average molecular weight is 527 g/mol. The van der Waals surface area contributed by atoms with Crippen molar-refractivity contribution in [2.45, 2.75) is 31.2 Å². The fourth-order valence-corrected chi connectivity index (χ4v) is 6.14. The van der Waals surface area contributed by atoms with Crippen LogP contribution in [-0.4, -0.2) is 67.3 Å². The molecule has 34 heavy (non-hydrogen) atoms. The smallest absolute Gasteiger partial charge is 0.320 e. The molecule has 1 fully saturated rings. The lowest BCUT2D eigenvalue weighted by Gasteiger charge is -2.27. The monoisotopic (exact) mass is 526 g/mol. The Morgan fingerprint density at radius 3 is 2.71 bits per heavy atom. The number of thiophene rings is 1. The van der Waals surface area contributed by atoms with Crippen molar-refractivity contribution in [1.82, 2.24) is 15.2 Å². The van der Waals surface area contributed by atoms with Crippen LogP contribution >= 0.6 is 22.9 Å². The van der Waals surface area contributed by atoms with Crippen LogP contribution in [0.5, 0.6) is 0 Å². The minimum absolute atomic E-state index is 0.00603. The van der Waals surface area contributed by atoms with Crippen molar-refractivity contribution in [2.75, 3.05) is 31.5 Å². The molecular weight excluding hydrogens is 500 g/mol. The molecule has 0 aliphatic carbocycles. The first kappa shape index (κ1) is 26.1. The van der Waals surface area contributed by atoms with Gasteiger partial charge in [0.2, 0.25) is 4.87 Å². The van der Waals surface area contributed by atoms with E-state index in [0.29, 0.717) is 22.3 Å². The minimum Gasteiger partial charge on any atom is -0.462 e. The van der Waals surface area contributed by atoms with Crippen molar-refractivity contribution in [2.24, 2.45) is 0 Å². The summed E-state index contributed by atoms with van der Waals surface area (Å²) in [5.74, 6) is -1.24. The molecule has 1 atom stereocenters. The van der Waals surface area contributed by atoms with Crippen molar-refractivity contribution in [3.05, 3.63) is 51.3 Å². The molecule has 2 aromatic heterocycles. The van der Waals surface area contributed by atoms with Gasteiger partial charge in [-0.15, -0.1) is 11.3 Å². The minimum atomic E-state index is -4.15. The highest BCUT2D eigenvalue weighted by molar-refractivity contribution is 7.96. The molecule has 0 radical (unpaired) electrons. The number of carbonyl (C=O) groups is 2. The second-order valence-electron chi connectivity index (χ2n) is 7.91. The lowest BCUT2D eigenvalue weighted by Crippen LogP contribution is -2.58. The van der Waals surface area contributed by atoms with Crippen molar-refractivity contribution in [1.29, 1.82) is 0 Å². The summed E-state index contributed by atoms with van der Waals surface area (Å²) in [4.78, 5) is 29.6. The number of pyridine rings is 1. The number of esters is 1. The predicted octanol–water partition coefficient (Wildman–Crippen LogP) is 2.76. The van der Waals surface area contributed by atoms with E-state index in [2.05, 4.69) is 15.6 Å². The van der Waals surface area contributed by atoms with Gasteiger partial charge in [-0.2, -0.15) is 0 Å². The standard InChI is InChI=1S/C22H27ClN4O5S2/c1-16(2)32-20(28)15-26-22(34(30,31)14-7-18-3-4-19(23)33-18)8-12-27(21(22)29)13-11-25-17-5-9-24-10-6-17/h3-7,9-10,14,16,26H,8,11-13,15H2,1-2H3,(H,24,25). The highest BCUT2D eigenvalue weighted by atomic mass is 35.5. The van der Waals surface area contributed by atoms with Crippen LogP contribution < -0.4 is 10.6 Å². The number of nitrogens with zero attached hydrogens (tertiary/aromatic N) is 2. The van der Waals surface area contributed by atoms with Crippen molar-refractivity contribution < 1.29 is 22.7 Å². The summed E-state index contributed by atoms with van der Waals surface area (Å²) in [6, 6.07) is 6.94. The zero-order valence-corrected chi connectivity index (χ0v) is 21.3. The third-order valence-corrected chi connectivity index (χ3v) is 8.32. The first-order valence-electron chi connectivity index (χ1n) is 10.7. The first-order chi connectivity index (χ1) is 16.1. The Morgan fingerprint density at radius 2 is 2.06 bits per heavy atom. The summed E-state index contributed by atoms with van der Waals surface area (Å²) < 4.78 is 32.5. The summed E-state index contributed by atoms with van der Waals surface area (Å²) in [5, 5.41) is 6.90. The van der Waals surface area contributed by atoms with Crippen LogP contribution in [0.25, 0.3) is 6.08 Å². The number of nitrogens with one attached hydrogen (secondary N) is 2. The quantitative estimate of drug-likeness (QED) is 0.429. The topological polar surface area (TPSA) is 118 Å². The van der Waals surface area contributed by atoms with Crippen molar-refractivity contribution >= 4 is 56.4 Å². The average Bonchev–Trinajstić information content (AvgIpc) is 3.35. The molecule has 2 N–H and O–H groups in total. The molecular formula is C22H27ClN4O5S2. The van der Waals surface area contributed by atoms with Gasteiger partial charge >= 0.3 is 5.97 Å². The fourth-order valence-electron chi connectivity index (χ4n) is 3.51. The van der Waals surface area contributed by atoms with E-state index in [1.807, 2.05) is 0 Å². The second-order valence-corrected chi connectivity index (χ2v) is 11.7. The molecule has 3 heterocycles. The molecule has 1 aliphatic rings. The maximum Gasteiger partial charge on any atom is 0.320 e. The van der Waals surface area contributed by atoms with Gasteiger partial charge in [0.1, 0.15) is 0 Å². The molecule has 1 saturated heterocycles. The van der Waals surface area contributed by atoms with Gasteiger partial charge in [-0.25, -0.2) is 8.42 Å². The molecule has 9 nitrogen and oxygen atoms in total. The molecule has 0 spiro atoms. The number of rotatable bonds is 11. The molecule has 0 saturated carbocycles. The summed E-state index contributed by atoms with van der Waals surface area (Å²) in [7, 11) is -4.15. The second kappa shape index (κ2) is 11.3. The van der Waals surface area contributed by atoms with Crippen LogP contribution in [-0.2, 0) is 24.2 Å². The number of amides is 1. The highest BCUT2D eigenvalue weighted by Gasteiger charge is 2.55. The number of aromatic nitrogens is 1. The number of sulfone groups is 1. The molecule has 3 rings (SSSR count). The molecule has 12 heteroatoms. The van der Waals surface area contributed by atoms with Crippen molar-refractivity contribution in [3.63, 3.8) is 0 Å². The zero-order chi connectivity index (χ0) is 24.8. The Morgan fingerprint density at radius 1 is 1.32 bits per heavy atom. The summed E-state index contributed by atoms with van der Waals surface area (Å²) in [5.41, 5.74) is 0.840. The third kappa shape index (κ3) is 6.35. The molecule has 1 amide bonds. The maximum absolute atomic E-state index is 13.4. The van der Waals surface area contributed by atoms with Crippen LogP contribution in [0.4, 0.5) is 5.69 Å². The Hall–Kier alpha value is -2.47. The number of halogens is 1. The molecule has 1 unspecified atom stereocenters. The lowest BCUT2D eigenvalue weighted by molar-refractivity contribution is -0.146. The fraction of sp³-hybridized carbons (Fsp3) is 0.409. The Kier molecular flexibility index (Phi) is 8.69. The van der Waals surface area contributed by atoms with Gasteiger partial charge in [-0.3, -0.25) is 19.9 Å². The molecule has 0 aromatic carbocycles. The van der Waals surface area contributed by atoms with Crippen LogP contribution in [0.15, 0.2) is 42.1 Å². The van der Waals surface area contributed by atoms with E-state index in [1.165, 1.54) is 22.3 Å². The van der Waals surface area contributed by atoms with E-state index in [9.17, 15) is 18.0 Å². The first-order valence-corrected chi connectivity index (χ1v) is 13.4. The molecule has 2 aromatic rings. The number of likely N-dealkylation sites (tertiary alicyclic amines) is 1. The van der Waals surface area contributed by atoms with Gasteiger partial charge in [0, 0.05) is 54.4 Å². The van der Waals surface area contributed by atoms with Gasteiger partial charge in [0.25, 0.3) is 5.91 Å². The molecule has 0 bridgehead atoms. The van der Waals surface area contributed by atoms with Gasteiger partial charge < -0.3 is 15.0 Å². The number of carbonyl (C=O) groups excluding carboxylic acids is 2. The summed E-state index contributed by atoms with van der Waals surface area (Å²) >= 11 is 7.14. The largest absolute Gasteiger partial charge is 0.462 e. The SMILES string of the molecule is CC(C)OC(=O)CNC1(S(=O)(=O)C=Cc2ccc(Cl)s2)CCN(CCNc2ccncc2)C1=O. The third-order valence-electron chi connectivity index (χ3n) is 5.13. The van der Waals surface area contributed by atoms with Gasteiger partial charge in [-0.1, -0.05) is 11.6 Å². The van der Waals surface area contributed by atoms with Crippen LogP contribution in [0.3, 0.4) is 0 Å². The Bertz CT molecular complexity index is 1140. The molecule has 1 aliphatic heterocycles. The van der Waals surface area contributed by atoms with Gasteiger partial charge in [0.05, 0.1) is 17.0 Å². The van der Waals surface area contributed by atoms with E-state index in [1.54, 1.807) is 50.5 Å². The van der Waals surface area contributed by atoms with Crippen LogP contribution in [0.1, 0.15) is 25.1 Å². The maximum atomic E-state index is 13.4. The van der Waals surface area contributed by atoms with E-state index in [0.717, 1.165) is 11.1 Å². The Labute approximate surface area is 208 Å². The normalized spacial score (nSPS) is 18.7. The number of hydrogen-bond acceptors (Lipinski definition) is 9. The van der Waals surface area contributed by atoms with E-state index in [4.69, 9.17) is 16.3 Å². The number of hydrogen-bond donors (Lipinski definition) is 2. The van der Waals surface area contributed by atoms with E-state index in [-0.39, 0.29) is 19.1 Å². The van der Waals surface area contributed by atoms with Crippen LogP contribution in [0, 0.1) is 0 Å². The molecule has 184 valence electrons. The van der Waals surface area contributed by atoms with Crippen LogP contribution in [0.2, 0.25) is 4.34 Å². The summed E-state index contributed by atoms with van der Waals surface area (Å²) in [6.45, 7) is 3.91. The number of ether oxygens (including phenoxy) is 1. The van der Waals surface area contributed by atoms with Gasteiger partial charge in [-0.05, 0) is 44.2 Å². The lowest BCUT2D eigenvalue weighted by atomic mass is 10.2. The van der Waals surface area contributed by atoms with Gasteiger partial charge in [0.15, 0.2) is 9.84 Å². The van der Waals surface area contributed by atoms with E-state index >= 15 is 0 Å². The van der Waals surface area contributed by atoms with Crippen molar-refractivity contribution in [3.8, 4) is 0 Å². The summed E-state index contributed by atoms with van der Waals surface area (Å²) in [6.07, 6.45) is 4.33. The zero-order valence-electron chi connectivity index (χ0n) is 18.9. The highest BCUT2D eigenvalue weighted by Crippen LogP contribution is 2.31.